The lowest BCUT2D eigenvalue weighted by Gasteiger charge is -2.36. The van der Waals surface area contributed by atoms with Crippen molar-refractivity contribution in [3.63, 3.8) is 0 Å². The van der Waals surface area contributed by atoms with E-state index in [0.717, 1.165) is 22.5 Å². The number of hydrogen-bond acceptors (Lipinski definition) is 6. The largest absolute Gasteiger partial charge is 0.545 e. The second kappa shape index (κ2) is 5.82. The number of halogens is 1. The standard InChI is InChI=1S/C14H16FNO6S/c15-11-2-1-10(13(17)18)9-12(11)23(19,20)16-5-3-14(4-6-16)21-7-8-22-14/h1-2,9H,3-8H2,(H,17,18)/p-1. The third-order valence-electron chi connectivity index (χ3n) is 4.08. The number of sulfonamides is 1. The van der Waals surface area contributed by atoms with Crippen LogP contribution in [-0.4, -0.2) is 50.8 Å². The van der Waals surface area contributed by atoms with Gasteiger partial charge in [0.1, 0.15) is 10.7 Å². The van der Waals surface area contributed by atoms with Crippen LogP contribution in [0.4, 0.5) is 4.39 Å². The monoisotopic (exact) mass is 344 g/mol. The summed E-state index contributed by atoms with van der Waals surface area (Å²) in [5.41, 5.74) is -0.388. The Balaban J connectivity index is 1.85. The fourth-order valence-electron chi connectivity index (χ4n) is 2.82. The van der Waals surface area contributed by atoms with Gasteiger partial charge in [0.15, 0.2) is 5.79 Å². The van der Waals surface area contributed by atoms with Crippen molar-refractivity contribution in [3.8, 4) is 0 Å². The highest BCUT2D eigenvalue weighted by Gasteiger charge is 2.43. The summed E-state index contributed by atoms with van der Waals surface area (Å²) in [6.07, 6.45) is 0.683. The van der Waals surface area contributed by atoms with Crippen LogP contribution in [0.5, 0.6) is 0 Å². The zero-order valence-electron chi connectivity index (χ0n) is 12.2. The smallest absolute Gasteiger partial charge is 0.246 e. The summed E-state index contributed by atoms with van der Waals surface area (Å²) in [4.78, 5) is 10.2. The number of hydrogen-bond donors (Lipinski definition) is 0. The molecule has 0 radical (unpaired) electrons. The van der Waals surface area contributed by atoms with Crippen LogP contribution in [0.15, 0.2) is 23.1 Å². The van der Waals surface area contributed by atoms with Gasteiger partial charge in [-0.25, -0.2) is 12.8 Å². The lowest BCUT2D eigenvalue weighted by atomic mass is 10.1. The molecule has 1 aromatic rings. The molecule has 2 aliphatic heterocycles. The fourth-order valence-corrected chi connectivity index (χ4v) is 4.35. The van der Waals surface area contributed by atoms with Gasteiger partial charge in [-0.15, -0.1) is 0 Å². The molecule has 0 N–H and O–H groups in total. The van der Waals surface area contributed by atoms with Gasteiger partial charge in [-0.1, -0.05) is 6.07 Å². The van der Waals surface area contributed by atoms with E-state index in [9.17, 15) is 22.7 Å². The Labute approximate surface area is 132 Å². The van der Waals surface area contributed by atoms with E-state index < -0.39 is 32.5 Å². The number of carboxylic acid groups (broad SMARTS) is 1. The third-order valence-corrected chi connectivity index (χ3v) is 6.00. The molecule has 23 heavy (non-hydrogen) atoms. The summed E-state index contributed by atoms with van der Waals surface area (Å²) in [7, 11) is -4.14. The molecule has 0 amide bonds. The van der Waals surface area contributed by atoms with Crippen LogP contribution in [-0.2, 0) is 19.5 Å². The normalized spacial score (nSPS) is 21.6. The molecule has 7 nitrogen and oxygen atoms in total. The molecule has 2 heterocycles. The highest BCUT2D eigenvalue weighted by molar-refractivity contribution is 7.89. The van der Waals surface area contributed by atoms with Crippen molar-refractivity contribution in [2.24, 2.45) is 0 Å². The predicted octanol–water partition coefficient (Wildman–Crippen LogP) is -0.283. The highest BCUT2D eigenvalue weighted by atomic mass is 32.2. The number of ether oxygens (including phenoxy) is 2. The Morgan fingerprint density at radius 2 is 1.83 bits per heavy atom. The summed E-state index contributed by atoms with van der Waals surface area (Å²) in [5, 5.41) is 10.9. The van der Waals surface area contributed by atoms with Crippen LogP contribution in [0.1, 0.15) is 23.2 Å². The van der Waals surface area contributed by atoms with Crippen LogP contribution in [0.3, 0.4) is 0 Å². The van der Waals surface area contributed by atoms with Gasteiger partial charge in [-0.3, -0.25) is 0 Å². The summed E-state index contributed by atoms with van der Waals surface area (Å²) in [5.74, 6) is -3.31. The number of carbonyl (C=O) groups excluding carboxylic acids is 1. The number of nitrogens with zero attached hydrogens (tertiary/aromatic N) is 1. The molecule has 0 aromatic heterocycles. The molecule has 0 aliphatic carbocycles. The van der Waals surface area contributed by atoms with Crippen LogP contribution in [0, 0.1) is 5.82 Å². The maximum Gasteiger partial charge on any atom is 0.246 e. The van der Waals surface area contributed by atoms with Crippen LogP contribution in [0.25, 0.3) is 0 Å². The number of piperidine rings is 1. The molecule has 0 bridgehead atoms. The SMILES string of the molecule is O=C([O-])c1ccc(F)c(S(=O)(=O)N2CCC3(CC2)OCCO3)c1. The predicted molar refractivity (Wildman–Crippen MR) is 73.4 cm³/mol. The van der Waals surface area contributed by atoms with Crippen LogP contribution < -0.4 is 5.11 Å². The Morgan fingerprint density at radius 3 is 2.39 bits per heavy atom. The molecule has 2 saturated heterocycles. The molecule has 0 saturated carbocycles. The molecule has 9 heteroatoms. The molecule has 1 aromatic carbocycles. The van der Waals surface area contributed by atoms with Gasteiger partial charge in [-0.05, 0) is 17.7 Å². The fraction of sp³-hybridized carbons (Fsp3) is 0.500. The van der Waals surface area contributed by atoms with Gasteiger partial charge < -0.3 is 19.4 Å². The molecule has 0 atom stereocenters. The number of rotatable bonds is 3. The van der Waals surface area contributed by atoms with Gasteiger partial charge in [0.25, 0.3) is 0 Å². The number of carboxylic acids is 1. The van der Waals surface area contributed by atoms with E-state index in [1.54, 1.807) is 0 Å². The first-order valence-electron chi connectivity index (χ1n) is 7.13. The maximum atomic E-state index is 13.9. The van der Waals surface area contributed by atoms with E-state index in [-0.39, 0.29) is 18.7 Å². The number of carbonyl (C=O) groups is 1. The minimum atomic E-state index is -4.14. The molecular weight excluding hydrogens is 329 g/mol. The minimum Gasteiger partial charge on any atom is -0.545 e. The topological polar surface area (TPSA) is 96.0 Å². The van der Waals surface area contributed by atoms with Gasteiger partial charge in [-0.2, -0.15) is 4.31 Å². The zero-order valence-corrected chi connectivity index (χ0v) is 13.0. The quantitative estimate of drug-likeness (QED) is 0.748. The molecular formula is C14H15FNO6S-. The van der Waals surface area contributed by atoms with Gasteiger partial charge in [0.05, 0.1) is 19.2 Å². The summed E-state index contributed by atoms with van der Waals surface area (Å²) < 4.78 is 51.2. The Kier molecular flexibility index (Phi) is 4.13. The molecule has 3 rings (SSSR count). The van der Waals surface area contributed by atoms with E-state index in [1.165, 1.54) is 0 Å². The Morgan fingerprint density at radius 1 is 1.22 bits per heavy atom. The Hall–Kier alpha value is -1.55. The molecule has 2 fully saturated rings. The molecule has 126 valence electrons. The van der Waals surface area contributed by atoms with E-state index in [4.69, 9.17) is 9.47 Å². The lowest BCUT2D eigenvalue weighted by molar-refractivity contribution is -0.255. The van der Waals surface area contributed by atoms with Crippen molar-refractivity contribution >= 4 is 16.0 Å². The first-order chi connectivity index (χ1) is 10.8. The molecule has 0 unspecified atom stereocenters. The first kappa shape index (κ1) is 16.3. The van der Waals surface area contributed by atoms with Crippen molar-refractivity contribution in [3.05, 3.63) is 29.6 Å². The van der Waals surface area contributed by atoms with E-state index in [1.807, 2.05) is 0 Å². The average molecular weight is 344 g/mol. The van der Waals surface area contributed by atoms with E-state index in [0.29, 0.717) is 26.1 Å². The molecule has 2 aliphatic rings. The second-order valence-corrected chi connectivity index (χ2v) is 7.35. The number of aromatic carboxylic acids is 1. The van der Waals surface area contributed by atoms with Gasteiger partial charge >= 0.3 is 0 Å². The second-order valence-electron chi connectivity index (χ2n) is 5.44. The Bertz CT molecular complexity index is 719. The van der Waals surface area contributed by atoms with E-state index in [2.05, 4.69) is 0 Å². The lowest BCUT2D eigenvalue weighted by Crippen LogP contribution is -2.47. The van der Waals surface area contributed by atoms with Crippen molar-refractivity contribution in [2.75, 3.05) is 26.3 Å². The van der Waals surface area contributed by atoms with E-state index >= 15 is 0 Å². The highest BCUT2D eigenvalue weighted by Crippen LogP contribution is 2.33. The first-order valence-corrected chi connectivity index (χ1v) is 8.57. The third kappa shape index (κ3) is 2.97. The average Bonchev–Trinajstić information content (AvgIpc) is 2.96. The van der Waals surface area contributed by atoms with Crippen molar-refractivity contribution in [1.29, 1.82) is 0 Å². The van der Waals surface area contributed by atoms with Crippen molar-refractivity contribution in [1.82, 2.24) is 4.31 Å². The van der Waals surface area contributed by atoms with Gasteiger partial charge in [0.2, 0.25) is 10.0 Å². The summed E-state index contributed by atoms with van der Waals surface area (Å²) in [6, 6.07) is 2.56. The number of benzene rings is 1. The zero-order chi connectivity index (χ0) is 16.7. The maximum absolute atomic E-state index is 13.9. The summed E-state index contributed by atoms with van der Waals surface area (Å²) >= 11 is 0. The minimum absolute atomic E-state index is 0.108. The molecule has 1 spiro atoms. The van der Waals surface area contributed by atoms with Crippen LogP contribution >= 0.6 is 0 Å². The van der Waals surface area contributed by atoms with Crippen molar-refractivity contribution < 1.29 is 32.2 Å². The van der Waals surface area contributed by atoms with Gasteiger partial charge in [0, 0.05) is 25.9 Å². The van der Waals surface area contributed by atoms with Crippen LogP contribution in [0.2, 0.25) is 0 Å². The summed E-state index contributed by atoms with van der Waals surface area (Å²) in [6.45, 7) is 1.15. The van der Waals surface area contributed by atoms with Crippen molar-refractivity contribution in [2.45, 2.75) is 23.5 Å².